The number of aliphatic hydroxyl groups excluding tert-OH is 2. The van der Waals surface area contributed by atoms with E-state index in [4.69, 9.17) is 10.2 Å². The summed E-state index contributed by atoms with van der Waals surface area (Å²) in [5, 5.41) is 20.8. The lowest BCUT2D eigenvalue weighted by atomic mass is 10.1. The van der Waals surface area contributed by atoms with Gasteiger partial charge in [-0.05, 0) is 13.0 Å². The van der Waals surface area contributed by atoms with E-state index in [1.165, 1.54) is 51.4 Å². The quantitative estimate of drug-likeness (QED) is 0.451. The first-order valence-electron chi connectivity index (χ1n) is 6.81. The fraction of sp³-hybridized carbons (Fsp3) is 1.00. The normalized spacial score (nSPS) is 12.9. The molecular formula is C13H29NO2. The van der Waals surface area contributed by atoms with E-state index in [-0.39, 0.29) is 6.61 Å². The van der Waals surface area contributed by atoms with Gasteiger partial charge in [0.1, 0.15) is 0 Å². The van der Waals surface area contributed by atoms with Crippen LogP contribution in [0, 0.1) is 0 Å². The summed E-state index contributed by atoms with van der Waals surface area (Å²) in [5.41, 5.74) is 0. The molecule has 0 aromatic carbocycles. The molecule has 3 heteroatoms. The number of hydrogen-bond acceptors (Lipinski definition) is 3. The van der Waals surface area contributed by atoms with Gasteiger partial charge in [-0.15, -0.1) is 0 Å². The lowest BCUT2D eigenvalue weighted by molar-refractivity contribution is 0.0945. The van der Waals surface area contributed by atoms with E-state index in [0.29, 0.717) is 6.54 Å². The van der Waals surface area contributed by atoms with Crippen LogP contribution < -0.4 is 5.32 Å². The van der Waals surface area contributed by atoms with E-state index in [2.05, 4.69) is 12.2 Å². The SMILES string of the molecule is CCCCCCCCCCNC[C@@H](O)CO. The molecule has 0 aromatic heterocycles. The van der Waals surface area contributed by atoms with Gasteiger partial charge in [-0.1, -0.05) is 51.9 Å². The Morgan fingerprint density at radius 3 is 2.06 bits per heavy atom. The van der Waals surface area contributed by atoms with Crippen LogP contribution in [0.5, 0.6) is 0 Å². The summed E-state index contributed by atoms with van der Waals surface area (Å²) in [6.45, 7) is 3.55. The van der Waals surface area contributed by atoms with Crippen molar-refractivity contribution in [3.05, 3.63) is 0 Å². The second-order valence-electron chi connectivity index (χ2n) is 4.52. The summed E-state index contributed by atoms with van der Waals surface area (Å²) in [7, 11) is 0. The summed E-state index contributed by atoms with van der Waals surface area (Å²) in [6, 6.07) is 0. The zero-order valence-corrected chi connectivity index (χ0v) is 10.7. The van der Waals surface area contributed by atoms with Gasteiger partial charge in [0.15, 0.2) is 0 Å². The first-order valence-corrected chi connectivity index (χ1v) is 6.81. The number of hydrogen-bond donors (Lipinski definition) is 3. The lowest BCUT2D eigenvalue weighted by Gasteiger charge is -2.08. The molecule has 16 heavy (non-hydrogen) atoms. The molecule has 0 aromatic rings. The standard InChI is InChI=1S/C13H29NO2/c1-2-3-4-5-6-7-8-9-10-14-11-13(16)12-15/h13-16H,2-12H2,1H3/t13-/m1/s1. The van der Waals surface area contributed by atoms with Crippen LogP contribution in [0.1, 0.15) is 58.3 Å². The largest absolute Gasteiger partial charge is 0.394 e. The van der Waals surface area contributed by atoms with Crippen molar-refractivity contribution < 1.29 is 10.2 Å². The fourth-order valence-corrected chi connectivity index (χ4v) is 1.72. The average Bonchev–Trinajstić information content (AvgIpc) is 2.31. The average molecular weight is 231 g/mol. The van der Waals surface area contributed by atoms with E-state index >= 15 is 0 Å². The van der Waals surface area contributed by atoms with Crippen molar-refractivity contribution in [2.45, 2.75) is 64.4 Å². The van der Waals surface area contributed by atoms with Gasteiger partial charge >= 0.3 is 0 Å². The predicted octanol–water partition coefficient (Wildman–Crippen LogP) is 2.07. The first kappa shape index (κ1) is 15.9. The highest BCUT2D eigenvalue weighted by atomic mass is 16.3. The summed E-state index contributed by atoms with van der Waals surface area (Å²) >= 11 is 0. The van der Waals surface area contributed by atoms with Crippen LogP contribution in [0.2, 0.25) is 0 Å². The minimum Gasteiger partial charge on any atom is -0.394 e. The number of aliphatic hydroxyl groups is 2. The third kappa shape index (κ3) is 12.0. The molecule has 3 N–H and O–H groups in total. The molecule has 0 saturated heterocycles. The minimum absolute atomic E-state index is 0.148. The second-order valence-corrected chi connectivity index (χ2v) is 4.52. The van der Waals surface area contributed by atoms with Crippen molar-refractivity contribution >= 4 is 0 Å². The topological polar surface area (TPSA) is 52.5 Å². The molecule has 0 unspecified atom stereocenters. The fourth-order valence-electron chi connectivity index (χ4n) is 1.72. The van der Waals surface area contributed by atoms with Crippen molar-refractivity contribution in [1.82, 2.24) is 5.32 Å². The molecule has 0 rings (SSSR count). The van der Waals surface area contributed by atoms with E-state index in [0.717, 1.165) is 6.54 Å². The smallest absolute Gasteiger partial charge is 0.0894 e. The number of unbranched alkanes of at least 4 members (excludes halogenated alkanes) is 7. The highest BCUT2D eigenvalue weighted by Gasteiger charge is 1.99. The Morgan fingerprint density at radius 2 is 1.50 bits per heavy atom. The molecule has 1 atom stereocenters. The molecular weight excluding hydrogens is 202 g/mol. The van der Waals surface area contributed by atoms with Crippen molar-refractivity contribution in [2.75, 3.05) is 19.7 Å². The van der Waals surface area contributed by atoms with Crippen LogP contribution in [-0.4, -0.2) is 36.0 Å². The first-order chi connectivity index (χ1) is 7.81. The van der Waals surface area contributed by atoms with Crippen molar-refractivity contribution in [3.63, 3.8) is 0 Å². The van der Waals surface area contributed by atoms with Crippen LogP contribution in [0.3, 0.4) is 0 Å². The third-order valence-electron chi connectivity index (χ3n) is 2.80. The van der Waals surface area contributed by atoms with Crippen LogP contribution in [0.15, 0.2) is 0 Å². The predicted molar refractivity (Wildman–Crippen MR) is 68.6 cm³/mol. The zero-order valence-electron chi connectivity index (χ0n) is 10.7. The molecule has 0 aliphatic heterocycles. The monoisotopic (exact) mass is 231 g/mol. The molecule has 0 radical (unpaired) electrons. The number of nitrogens with one attached hydrogen (secondary N) is 1. The molecule has 98 valence electrons. The van der Waals surface area contributed by atoms with Gasteiger partial charge in [0.2, 0.25) is 0 Å². The molecule has 0 aliphatic carbocycles. The van der Waals surface area contributed by atoms with E-state index in [1.807, 2.05) is 0 Å². The maximum Gasteiger partial charge on any atom is 0.0894 e. The molecule has 0 saturated carbocycles. The molecule has 0 aliphatic rings. The maximum absolute atomic E-state index is 9.07. The van der Waals surface area contributed by atoms with Gasteiger partial charge in [-0.25, -0.2) is 0 Å². The van der Waals surface area contributed by atoms with Crippen LogP contribution in [-0.2, 0) is 0 Å². The van der Waals surface area contributed by atoms with Gasteiger partial charge < -0.3 is 15.5 Å². The van der Waals surface area contributed by atoms with Crippen LogP contribution in [0.4, 0.5) is 0 Å². The Balaban J connectivity index is 2.93. The van der Waals surface area contributed by atoms with Gasteiger partial charge in [-0.2, -0.15) is 0 Å². The minimum atomic E-state index is -0.603. The lowest BCUT2D eigenvalue weighted by Crippen LogP contribution is -2.29. The van der Waals surface area contributed by atoms with Crippen molar-refractivity contribution in [1.29, 1.82) is 0 Å². The second kappa shape index (κ2) is 12.9. The molecule has 0 fully saturated rings. The van der Waals surface area contributed by atoms with E-state index < -0.39 is 6.10 Å². The summed E-state index contributed by atoms with van der Waals surface area (Å²) in [4.78, 5) is 0. The van der Waals surface area contributed by atoms with Crippen LogP contribution in [0.25, 0.3) is 0 Å². The molecule has 0 spiro atoms. The number of rotatable bonds is 12. The van der Waals surface area contributed by atoms with E-state index in [1.54, 1.807) is 0 Å². The van der Waals surface area contributed by atoms with Gasteiger partial charge in [-0.3, -0.25) is 0 Å². The maximum atomic E-state index is 9.07. The molecule has 3 nitrogen and oxygen atoms in total. The van der Waals surface area contributed by atoms with Gasteiger partial charge in [0.25, 0.3) is 0 Å². The Morgan fingerprint density at radius 1 is 0.938 bits per heavy atom. The Kier molecular flexibility index (Phi) is 12.9. The van der Waals surface area contributed by atoms with Crippen molar-refractivity contribution in [2.24, 2.45) is 0 Å². The highest BCUT2D eigenvalue weighted by Crippen LogP contribution is 2.07. The van der Waals surface area contributed by atoms with Gasteiger partial charge in [0, 0.05) is 6.54 Å². The van der Waals surface area contributed by atoms with E-state index in [9.17, 15) is 0 Å². The molecule has 0 bridgehead atoms. The Hall–Kier alpha value is -0.120. The van der Waals surface area contributed by atoms with Crippen molar-refractivity contribution in [3.8, 4) is 0 Å². The summed E-state index contributed by atoms with van der Waals surface area (Å²) in [5.74, 6) is 0. The van der Waals surface area contributed by atoms with Crippen LogP contribution >= 0.6 is 0 Å². The summed E-state index contributed by atoms with van der Waals surface area (Å²) in [6.07, 6.45) is 9.99. The van der Waals surface area contributed by atoms with Gasteiger partial charge in [0.05, 0.1) is 12.7 Å². The summed E-state index contributed by atoms with van der Waals surface area (Å²) < 4.78 is 0. The Bertz CT molecular complexity index is 131. The Labute approximate surface area is 100 Å². The zero-order chi connectivity index (χ0) is 12.1. The molecule has 0 amide bonds. The molecule has 0 heterocycles. The third-order valence-corrected chi connectivity index (χ3v) is 2.80. The highest BCUT2D eigenvalue weighted by molar-refractivity contribution is 4.57.